The van der Waals surface area contributed by atoms with E-state index in [-0.39, 0.29) is 24.3 Å². The number of hydrogen-bond acceptors (Lipinski definition) is 4. The predicted molar refractivity (Wildman–Crippen MR) is 76.3 cm³/mol. The molecule has 6 heteroatoms. The lowest BCUT2D eigenvalue weighted by Crippen LogP contribution is -2.51. The van der Waals surface area contributed by atoms with Crippen molar-refractivity contribution in [2.75, 3.05) is 13.2 Å². The first kappa shape index (κ1) is 15.9. The average Bonchev–Trinajstić information content (AvgIpc) is 2.49. The van der Waals surface area contributed by atoms with Gasteiger partial charge in [-0.25, -0.2) is 4.39 Å². The minimum Gasteiger partial charge on any atom is -0.394 e. The second kappa shape index (κ2) is 7.49. The topological polar surface area (TPSA) is 84.6 Å². The normalized spacial score (nSPS) is 25.6. The molecule has 4 N–H and O–H groups in total. The molecule has 116 valence electrons. The van der Waals surface area contributed by atoms with Crippen molar-refractivity contribution in [3.05, 3.63) is 35.6 Å². The highest BCUT2D eigenvalue weighted by atomic mass is 19.1. The Morgan fingerprint density at radius 2 is 2.19 bits per heavy atom. The molecule has 1 aliphatic rings. The molecule has 0 spiro atoms. The summed E-state index contributed by atoms with van der Waals surface area (Å²) in [5, 5.41) is 12.1. The molecule has 1 aromatic rings. The van der Waals surface area contributed by atoms with Gasteiger partial charge in [0.25, 0.3) is 5.91 Å². The maximum absolute atomic E-state index is 13.6. The second-order valence-electron chi connectivity index (χ2n) is 5.19. The van der Waals surface area contributed by atoms with Gasteiger partial charge in [-0.05, 0) is 37.9 Å². The molecule has 1 aromatic carbocycles. The summed E-state index contributed by atoms with van der Waals surface area (Å²) in [5.41, 5.74) is 5.50. The Labute approximate surface area is 123 Å². The number of aliphatic hydroxyl groups is 1. The predicted octanol–water partition coefficient (Wildman–Crippen LogP) is 0.813. The van der Waals surface area contributed by atoms with Crippen LogP contribution in [0.3, 0.4) is 0 Å². The number of aliphatic hydroxyl groups excluding tert-OH is 1. The molecule has 1 amide bonds. The first-order valence-electron chi connectivity index (χ1n) is 7.17. The van der Waals surface area contributed by atoms with Crippen LogP contribution in [0, 0.1) is 5.82 Å². The van der Waals surface area contributed by atoms with Crippen LogP contribution in [0.1, 0.15) is 29.6 Å². The molecule has 3 atom stereocenters. The molecule has 0 aromatic heterocycles. The van der Waals surface area contributed by atoms with E-state index >= 15 is 0 Å². The van der Waals surface area contributed by atoms with Crippen molar-refractivity contribution in [2.24, 2.45) is 5.73 Å². The lowest BCUT2D eigenvalue weighted by Gasteiger charge is -2.36. The quantitative estimate of drug-likeness (QED) is 0.751. The van der Waals surface area contributed by atoms with Gasteiger partial charge in [0.15, 0.2) is 0 Å². The molecular weight excluding hydrogens is 275 g/mol. The van der Waals surface area contributed by atoms with E-state index < -0.39 is 17.8 Å². The Bertz CT molecular complexity index is 484. The van der Waals surface area contributed by atoms with Gasteiger partial charge in [-0.1, -0.05) is 12.1 Å². The van der Waals surface area contributed by atoms with E-state index in [0.29, 0.717) is 13.0 Å². The van der Waals surface area contributed by atoms with E-state index in [1.54, 1.807) is 6.07 Å². The van der Waals surface area contributed by atoms with Crippen molar-refractivity contribution in [3.8, 4) is 0 Å². The van der Waals surface area contributed by atoms with E-state index in [1.165, 1.54) is 18.2 Å². The summed E-state index contributed by atoms with van der Waals surface area (Å²) in [4.78, 5) is 12.1. The van der Waals surface area contributed by atoms with Crippen LogP contribution in [0.25, 0.3) is 0 Å². The molecule has 1 fully saturated rings. The average molecular weight is 296 g/mol. The van der Waals surface area contributed by atoms with Gasteiger partial charge in [0, 0.05) is 0 Å². The van der Waals surface area contributed by atoms with Gasteiger partial charge >= 0.3 is 0 Å². The van der Waals surface area contributed by atoms with Crippen molar-refractivity contribution < 1.29 is 19.0 Å². The van der Waals surface area contributed by atoms with E-state index in [0.717, 1.165) is 12.8 Å². The van der Waals surface area contributed by atoms with Crippen LogP contribution < -0.4 is 11.1 Å². The van der Waals surface area contributed by atoms with Crippen molar-refractivity contribution in [1.29, 1.82) is 0 Å². The molecule has 1 saturated heterocycles. The molecule has 5 nitrogen and oxygen atoms in total. The Morgan fingerprint density at radius 3 is 2.86 bits per heavy atom. The first-order valence-corrected chi connectivity index (χ1v) is 7.17. The molecule has 0 bridgehead atoms. The summed E-state index contributed by atoms with van der Waals surface area (Å²) in [6.45, 7) is 0.332. The third-order valence-corrected chi connectivity index (χ3v) is 3.72. The van der Waals surface area contributed by atoms with Crippen molar-refractivity contribution in [2.45, 2.75) is 37.5 Å². The maximum Gasteiger partial charge on any atom is 0.254 e. The summed E-state index contributed by atoms with van der Waals surface area (Å²) in [7, 11) is 0. The van der Waals surface area contributed by atoms with Gasteiger partial charge in [0.05, 0.1) is 24.3 Å². The van der Waals surface area contributed by atoms with Crippen LogP contribution in [0.4, 0.5) is 4.39 Å². The molecule has 0 saturated carbocycles. The zero-order chi connectivity index (χ0) is 15.2. The summed E-state index contributed by atoms with van der Waals surface area (Å²) in [6.07, 6.45) is 1.69. The molecule has 1 aliphatic heterocycles. The fraction of sp³-hybridized carbons (Fsp3) is 0.533. The zero-order valence-electron chi connectivity index (χ0n) is 11.8. The number of rotatable bonds is 5. The molecular formula is C15H21FN2O3. The minimum atomic E-state index is -0.562. The first-order chi connectivity index (χ1) is 10.2. The Balaban J connectivity index is 1.99. The number of amides is 1. The van der Waals surface area contributed by atoms with Gasteiger partial charge in [-0.2, -0.15) is 0 Å². The van der Waals surface area contributed by atoms with Crippen LogP contribution >= 0.6 is 0 Å². The fourth-order valence-electron chi connectivity index (χ4n) is 2.59. The number of nitrogens with one attached hydrogen (secondary N) is 1. The lowest BCUT2D eigenvalue weighted by molar-refractivity contribution is -0.0889. The number of hydrogen-bond donors (Lipinski definition) is 3. The second-order valence-corrected chi connectivity index (χ2v) is 5.19. The molecule has 0 radical (unpaired) electrons. The Kier molecular flexibility index (Phi) is 5.67. The van der Waals surface area contributed by atoms with Crippen LogP contribution in [0.2, 0.25) is 0 Å². The number of halogens is 1. The molecule has 1 heterocycles. The van der Waals surface area contributed by atoms with E-state index in [4.69, 9.17) is 10.5 Å². The van der Waals surface area contributed by atoms with Crippen molar-refractivity contribution >= 4 is 5.91 Å². The van der Waals surface area contributed by atoms with Crippen LogP contribution in [0.5, 0.6) is 0 Å². The summed E-state index contributed by atoms with van der Waals surface area (Å²) in [6, 6.07) is 5.49. The number of nitrogens with two attached hydrogens (primary N) is 1. The maximum atomic E-state index is 13.6. The van der Waals surface area contributed by atoms with Gasteiger partial charge in [0.1, 0.15) is 11.9 Å². The van der Waals surface area contributed by atoms with E-state index in [1.807, 2.05) is 0 Å². The zero-order valence-corrected chi connectivity index (χ0v) is 11.8. The lowest BCUT2D eigenvalue weighted by atomic mass is 9.96. The molecule has 0 unspecified atom stereocenters. The summed E-state index contributed by atoms with van der Waals surface area (Å²) >= 11 is 0. The number of carbonyl (C=O) groups is 1. The van der Waals surface area contributed by atoms with Gasteiger partial charge in [0.2, 0.25) is 0 Å². The fourth-order valence-corrected chi connectivity index (χ4v) is 2.59. The summed E-state index contributed by atoms with van der Waals surface area (Å²) in [5.74, 6) is -1.05. The van der Waals surface area contributed by atoms with Crippen LogP contribution in [0.15, 0.2) is 24.3 Å². The van der Waals surface area contributed by atoms with Gasteiger partial charge in [-0.15, -0.1) is 0 Å². The standard InChI is InChI=1S/C15H21FN2O3/c16-12-4-2-1-3-11(12)15(20)18-13-6-5-10(7-8-17)21-14(13)9-19/h1-4,10,13-14,19H,5-9,17H2,(H,18,20)/t10-,13+,14-/m1/s1. The highest BCUT2D eigenvalue weighted by Crippen LogP contribution is 2.22. The van der Waals surface area contributed by atoms with Crippen molar-refractivity contribution in [1.82, 2.24) is 5.32 Å². The highest BCUT2D eigenvalue weighted by molar-refractivity contribution is 5.94. The summed E-state index contributed by atoms with van der Waals surface area (Å²) < 4.78 is 19.3. The number of carbonyl (C=O) groups excluding carboxylic acids is 1. The number of benzene rings is 1. The number of ether oxygens (including phenoxy) is 1. The third-order valence-electron chi connectivity index (χ3n) is 3.72. The molecule has 0 aliphatic carbocycles. The minimum absolute atomic E-state index is 0.00160. The van der Waals surface area contributed by atoms with E-state index in [2.05, 4.69) is 5.32 Å². The van der Waals surface area contributed by atoms with Crippen LogP contribution in [-0.4, -0.2) is 42.4 Å². The van der Waals surface area contributed by atoms with E-state index in [9.17, 15) is 14.3 Å². The Hall–Kier alpha value is -1.50. The van der Waals surface area contributed by atoms with Crippen molar-refractivity contribution in [3.63, 3.8) is 0 Å². The smallest absolute Gasteiger partial charge is 0.254 e. The Morgan fingerprint density at radius 1 is 1.43 bits per heavy atom. The van der Waals surface area contributed by atoms with Gasteiger partial charge < -0.3 is 20.9 Å². The molecule has 2 rings (SSSR count). The largest absolute Gasteiger partial charge is 0.394 e. The molecule has 21 heavy (non-hydrogen) atoms. The third kappa shape index (κ3) is 4.00. The van der Waals surface area contributed by atoms with Gasteiger partial charge in [-0.3, -0.25) is 4.79 Å². The van der Waals surface area contributed by atoms with Crippen LogP contribution in [-0.2, 0) is 4.74 Å². The SMILES string of the molecule is NCC[C@H]1CC[C@H](NC(=O)c2ccccc2F)[C@@H](CO)O1. The highest BCUT2D eigenvalue weighted by Gasteiger charge is 2.32. The monoisotopic (exact) mass is 296 g/mol.